The predicted molar refractivity (Wildman–Crippen MR) is 34.2 cm³/mol. The zero-order valence-electron chi connectivity index (χ0n) is 8.17. The van der Waals surface area contributed by atoms with Crippen LogP contribution in [0.15, 0.2) is 5.28 Å². The molecule has 0 bridgehead atoms. The van der Waals surface area contributed by atoms with Crippen LogP contribution in [0.4, 0.5) is 0 Å². The second-order valence-electron chi connectivity index (χ2n) is 2.47. The van der Waals surface area contributed by atoms with Crippen LogP contribution in [-0.2, 0) is 4.79 Å². The van der Waals surface area contributed by atoms with E-state index in [-0.39, 0.29) is 70.6 Å². The number of carboxylic acids is 1. The molecule has 1 fully saturated rings. The van der Waals surface area contributed by atoms with Crippen LogP contribution in [0.2, 0.25) is 0 Å². The van der Waals surface area contributed by atoms with Crippen molar-refractivity contribution in [2.24, 2.45) is 5.28 Å². The van der Waals surface area contributed by atoms with E-state index in [1.807, 2.05) is 0 Å². The van der Waals surface area contributed by atoms with Crippen molar-refractivity contribution in [1.82, 2.24) is 5.01 Å². The smallest absolute Gasteiger partial charge is 0.737 e. The normalized spacial score (nSPS) is 21.0. The molecule has 0 aromatic heterocycles. The van der Waals surface area contributed by atoms with Gasteiger partial charge in [-0.15, -0.1) is 5.01 Å². The molecule has 0 spiro atoms. The van der Waals surface area contributed by atoms with Crippen molar-refractivity contribution in [2.45, 2.75) is 18.9 Å². The van der Waals surface area contributed by atoms with Gasteiger partial charge in [0.2, 0.25) is 0 Å². The van der Waals surface area contributed by atoms with Crippen molar-refractivity contribution >= 4 is 5.97 Å². The van der Waals surface area contributed by atoms with Crippen LogP contribution in [0.3, 0.4) is 0 Å². The second-order valence-corrected chi connectivity index (χ2v) is 2.47. The second kappa shape index (κ2) is 7.72. The molecule has 0 aromatic carbocycles. The number of carboxylic acid groups (broad SMARTS) is 1. The van der Waals surface area contributed by atoms with Gasteiger partial charge in [0.15, 0.2) is 0 Å². The maximum atomic E-state index is 10.6. The molecule has 0 aliphatic carbocycles. The molecule has 9 heteroatoms. The van der Waals surface area contributed by atoms with E-state index in [9.17, 15) is 20.3 Å². The largest absolute Gasteiger partial charge is 1.00 e. The fourth-order valence-corrected chi connectivity index (χ4v) is 1.24. The van der Waals surface area contributed by atoms with E-state index in [0.717, 1.165) is 5.01 Å². The molecule has 68 valence electrons. The van der Waals surface area contributed by atoms with E-state index in [2.05, 4.69) is 5.28 Å². The average molecular weight is 219 g/mol. The maximum absolute atomic E-state index is 10.6. The SMILES string of the molecule is O=C([O-])C1CCCN1[N+]([O-])=N[O-].[Na+].[Na+]. The molecule has 0 aromatic rings. The molecular weight excluding hydrogens is 212 g/mol. The zero-order chi connectivity index (χ0) is 9.14. The molecular formula is C5H7N3Na2O4. The molecule has 1 atom stereocenters. The van der Waals surface area contributed by atoms with E-state index in [1.54, 1.807) is 0 Å². The van der Waals surface area contributed by atoms with Gasteiger partial charge in [-0.3, -0.25) is 0 Å². The van der Waals surface area contributed by atoms with Crippen LogP contribution in [0.1, 0.15) is 12.8 Å². The Bertz CT molecular complexity index is 225. The number of nitrogens with zero attached hydrogens (tertiary/aromatic N) is 3. The first kappa shape index (κ1) is 16.9. The van der Waals surface area contributed by atoms with Crippen molar-refractivity contribution in [3.8, 4) is 0 Å². The summed E-state index contributed by atoms with van der Waals surface area (Å²) in [4.78, 5) is 10.1. The minimum absolute atomic E-state index is 0. The van der Waals surface area contributed by atoms with Crippen LogP contribution in [0, 0.1) is 10.4 Å². The van der Waals surface area contributed by atoms with E-state index in [4.69, 9.17) is 0 Å². The van der Waals surface area contributed by atoms with E-state index in [0.29, 0.717) is 12.8 Å². The molecule has 1 saturated heterocycles. The summed E-state index contributed by atoms with van der Waals surface area (Å²) in [5.74, 6) is -1.35. The topological polar surface area (TPSA) is 105 Å². The first-order valence-corrected chi connectivity index (χ1v) is 3.44. The van der Waals surface area contributed by atoms with Gasteiger partial charge < -0.3 is 20.3 Å². The van der Waals surface area contributed by atoms with E-state index in [1.165, 1.54) is 0 Å². The van der Waals surface area contributed by atoms with Crippen LogP contribution >= 0.6 is 0 Å². The van der Waals surface area contributed by atoms with Crippen LogP contribution in [0.5, 0.6) is 0 Å². The Morgan fingerprint density at radius 2 is 2.07 bits per heavy atom. The van der Waals surface area contributed by atoms with Crippen molar-refractivity contribution in [3.05, 3.63) is 10.4 Å². The van der Waals surface area contributed by atoms with Crippen LogP contribution in [-0.4, -0.2) is 28.5 Å². The van der Waals surface area contributed by atoms with Crippen molar-refractivity contribution < 1.29 is 74.0 Å². The zero-order valence-corrected chi connectivity index (χ0v) is 12.2. The summed E-state index contributed by atoms with van der Waals surface area (Å²) in [6.45, 7) is 0.230. The van der Waals surface area contributed by atoms with Gasteiger partial charge in [0.25, 0.3) is 0 Å². The molecule has 7 nitrogen and oxygen atoms in total. The Morgan fingerprint density at radius 1 is 1.50 bits per heavy atom. The third-order valence-electron chi connectivity index (χ3n) is 1.79. The van der Waals surface area contributed by atoms with Gasteiger partial charge in [-0.2, -0.15) is 0 Å². The number of rotatable bonds is 2. The van der Waals surface area contributed by atoms with Crippen molar-refractivity contribution in [1.29, 1.82) is 0 Å². The van der Waals surface area contributed by atoms with Gasteiger partial charge in [0, 0.05) is 4.97 Å². The fraction of sp³-hybridized carbons (Fsp3) is 0.800. The fourth-order valence-electron chi connectivity index (χ4n) is 1.24. The number of carbonyl (C=O) groups excluding carboxylic acids is 1. The summed E-state index contributed by atoms with van der Waals surface area (Å²) in [6.07, 6.45) is 0.865. The van der Waals surface area contributed by atoms with Crippen LogP contribution in [0.25, 0.3) is 0 Å². The number of carbonyl (C=O) groups is 1. The average Bonchev–Trinajstić information content (AvgIpc) is 2.50. The first-order chi connectivity index (χ1) is 5.66. The van der Waals surface area contributed by atoms with Gasteiger partial charge in [-0.1, -0.05) is 0 Å². The van der Waals surface area contributed by atoms with Crippen LogP contribution < -0.4 is 64.2 Å². The van der Waals surface area contributed by atoms with E-state index < -0.39 is 12.0 Å². The quantitative estimate of drug-likeness (QED) is 0.198. The van der Waals surface area contributed by atoms with Gasteiger partial charge in [-0.25, -0.2) is 0 Å². The molecule has 1 heterocycles. The molecule has 0 amide bonds. The predicted octanol–water partition coefficient (Wildman–Crippen LogP) is -7.42. The number of aliphatic carboxylic acids is 1. The standard InChI is InChI=1S/C5H9N3O4.2Na/c9-5(10)4-2-1-3-7(4)8(12)6-11;;/h4,11H,1-3H2,(H,9,10);;/q;2*+1/p-2. The van der Waals surface area contributed by atoms with E-state index >= 15 is 0 Å². The molecule has 0 saturated carbocycles. The summed E-state index contributed by atoms with van der Waals surface area (Å²) in [6, 6.07) is -1.01. The first-order valence-electron chi connectivity index (χ1n) is 3.44. The number of hydrogen-bond donors (Lipinski definition) is 0. The number of hydrazine groups is 1. The Morgan fingerprint density at radius 3 is 2.50 bits per heavy atom. The Balaban J connectivity index is 0. The minimum atomic E-state index is -1.35. The van der Waals surface area contributed by atoms with Gasteiger partial charge in [0.1, 0.15) is 6.04 Å². The third kappa shape index (κ3) is 3.92. The number of hydrogen-bond acceptors (Lipinski definition) is 5. The third-order valence-corrected chi connectivity index (χ3v) is 1.79. The molecule has 14 heavy (non-hydrogen) atoms. The van der Waals surface area contributed by atoms with Crippen molar-refractivity contribution in [3.63, 3.8) is 0 Å². The Kier molecular flexibility index (Phi) is 9.31. The Labute approximate surface area is 125 Å². The molecule has 1 aliphatic heterocycles. The molecule has 1 aliphatic rings. The Hall–Kier alpha value is 0.470. The summed E-state index contributed by atoms with van der Waals surface area (Å²) in [7, 11) is 0. The molecule has 1 rings (SSSR count). The summed E-state index contributed by atoms with van der Waals surface area (Å²) >= 11 is 0. The molecule has 0 N–H and O–H groups in total. The van der Waals surface area contributed by atoms with Gasteiger partial charge in [-0.05, 0) is 18.1 Å². The monoisotopic (exact) mass is 219 g/mol. The molecule has 0 radical (unpaired) electrons. The summed E-state index contributed by atoms with van der Waals surface area (Å²) in [5, 5.41) is 33.6. The van der Waals surface area contributed by atoms with Gasteiger partial charge in [0.05, 0.1) is 12.5 Å². The molecule has 1 unspecified atom stereocenters. The van der Waals surface area contributed by atoms with Crippen molar-refractivity contribution in [2.75, 3.05) is 6.54 Å². The minimum Gasteiger partial charge on any atom is -0.737 e. The maximum Gasteiger partial charge on any atom is 1.00 e. The summed E-state index contributed by atoms with van der Waals surface area (Å²) in [5.41, 5.74) is 0. The summed E-state index contributed by atoms with van der Waals surface area (Å²) < 4.78 is 0. The van der Waals surface area contributed by atoms with Gasteiger partial charge >= 0.3 is 59.1 Å².